The molecule has 3 aromatic carbocycles. The van der Waals surface area contributed by atoms with Gasteiger partial charge in [-0.3, -0.25) is 4.79 Å². The van der Waals surface area contributed by atoms with Crippen molar-refractivity contribution in [2.75, 3.05) is 0 Å². The quantitative estimate of drug-likeness (QED) is 0.455. The van der Waals surface area contributed by atoms with Crippen molar-refractivity contribution in [3.8, 4) is 10.6 Å². The predicted octanol–water partition coefficient (Wildman–Crippen LogP) is 2.54. The first kappa shape index (κ1) is 21.1. The van der Waals surface area contributed by atoms with Crippen LogP contribution in [0, 0.1) is 0 Å². The van der Waals surface area contributed by atoms with E-state index in [1.54, 1.807) is 6.07 Å². The molecular formula is C20H15N3O5S3. The fourth-order valence-electron chi connectivity index (χ4n) is 3.10. The van der Waals surface area contributed by atoms with Crippen LogP contribution in [-0.2, 0) is 19.9 Å². The van der Waals surface area contributed by atoms with Crippen molar-refractivity contribution in [1.82, 2.24) is 4.98 Å². The van der Waals surface area contributed by atoms with Crippen LogP contribution >= 0.6 is 11.3 Å². The summed E-state index contributed by atoms with van der Waals surface area (Å²) in [4.78, 5) is 14.9. The van der Waals surface area contributed by atoms with Crippen LogP contribution in [0.15, 0.2) is 81.4 Å². The lowest BCUT2D eigenvalue weighted by molar-refractivity contribution is 0.0997. The van der Waals surface area contributed by atoms with Gasteiger partial charge in [-0.2, -0.15) is 0 Å². The summed E-state index contributed by atoms with van der Waals surface area (Å²) in [6, 6.07) is 16.4. The summed E-state index contributed by atoms with van der Waals surface area (Å²) in [5, 5.41) is 5.74. The highest BCUT2D eigenvalue weighted by molar-refractivity contribution is 7.93. The number of amides is 1. The van der Waals surface area contributed by atoms with Crippen LogP contribution in [0.2, 0.25) is 0 Å². The molecular weight excluding hydrogens is 458 g/mol. The van der Waals surface area contributed by atoms with Crippen molar-refractivity contribution in [2.24, 2.45) is 10.9 Å². The van der Waals surface area contributed by atoms with Gasteiger partial charge in [0, 0.05) is 5.56 Å². The number of carbonyl (C=O) groups is 1. The van der Waals surface area contributed by atoms with Crippen LogP contribution < -0.4 is 10.9 Å². The van der Waals surface area contributed by atoms with E-state index in [0.29, 0.717) is 10.6 Å². The maximum atomic E-state index is 13.4. The van der Waals surface area contributed by atoms with Crippen LogP contribution in [0.1, 0.15) is 10.4 Å². The van der Waals surface area contributed by atoms with E-state index in [0.717, 1.165) is 22.3 Å². The Morgan fingerprint density at radius 2 is 1.48 bits per heavy atom. The average molecular weight is 474 g/mol. The topological polar surface area (TPSA) is 150 Å². The number of rotatable bonds is 5. The molecule has 4 aromatic rings. The number of thiazole rings is 1. The normalized spacial score (nSPS) is 12.2. The van der Waals surface area contributed by atoms with Gasteiger partial charge >= 0.3 is 0 Å². The number of nitrogens with two attached hydrogens (primary N) is 2. The van der Waals surface area contributed by atoms with E-state index in [9.17, 15) is 21.6 Å². The number of sulfone groups is 1. The molecule has 11 heteroatoms. The number of fused-ring (bicyclic) bond motifs is 1. The fraction of sp³-hybridized carbons (Fsp3) is 0. The Bertz CT molecular complexity index is 1520. The predicted molar refractivity (Wildman–Crippen MR) is 117 cm³/mol. The summed E-state index contributed by atoms with van der Waals surface area (Å²) in [7, 11) is -8.82. The zero-order chi connectivity index (χ0) is 22.4. The Kier molecular flexibility index (Phi) is 5.13. The van der Waals surface area contributed by atoms with E-state index in [2.05, 4.69) is 4.98 Å². The van der Waals surface area contributed by atoms with Crippen molar-refractivity contribution < 1.29 is 21.6 Å². The van der Waals surface area contributed by atoms with E-state index in [-0.39, 0.29) is 5.56 Å². The molecule has 4 rings (SSSR count). The second-order valence-electron chi connectivity index (χ2n) is 6.56. The van der Waals surface area contributed by atoms with Gasteiger partial charge in [0.15, 0.2) is 0 Å². The molecule has 0 fully saturated rings. The van der Waals surface area contributed by atoms with Gasteiger partial charge < -0.3 is 5.73 Å². The molecule has 0 aliphatic rings. The summed E-state index contributed by atoms with van der Waals surface area (Å²) < 4.78 is 51.7. The number of nitrogens with zero attached hydrogens (tertiary/aromatic N) is 1. The number of benzene rings is 3. The zero-order valence-electron chi connectivity index (χ0n) is 15.7. The summed E-state index contributed by atoms with van der Waals surface area (Å²) in [5.41, 5.74) is 6.32. The second-order valence-corrected chi connectivity index (χ2v) is 11.0. The maximum Gasteiger partial charge on any atom is 0.250 e. The summed E-state index contributed by atoms with van der Waals surface area (Å²) in [6.45, 7) is 0. The Balaban J connectivity index is 1.97. The van der Waals surface area contributed by atoms with Crippen molar-refractivity contribution in [1.29, 1.82) is 0 Å². The zero-order valence-corrected chi connectivity index (χ0v) is 18.2. The highest BCUT2D eigenvalue weighted by Gasteiger charge is 2.29. The Morgan fingerprint density at radius 1 is 0.839 bits per heavy atom. The van der Waals surface area contributed by atoms with Gasteiger partial charge in [-0.25, -0.2) is 27.0 Å². The molecule has 158 valence electrons. The van der Waals surface area contributed by atoms with Crippen LogP contribution in [0.25, 0.3) is 20.8 Å². The van der Waals surface area contributed by atoms with Crippen LogP contribution in [0.5, 0.6) is 0 Å². The molecule has 0 aliphatic carbocycles. The SMILES string of the molecule is NC(=O)c1ccc(-c2nc3ccccc3s2)cc1S(=O)(=O)c1ccccc1S(N)(=O)=O. The Morgan fingerprint density at radius 3 is 2.13 bits per heavy atom. The van der Waals surface area contributed by atoms with Gasteiger partial charge in [0.1, 0.15) is 9.90 Å². The van der Waals surface area contributed by atoms with Gasteiger partial charge in [0.2, 0.25) is 25.8 Å². The summed E-state index contributed by atoms with van der Waals surface area (Å²) in [6.07, 6.45) is 0. The molecule has 0 atom stereocenters. The Labute approximate surface area is 182 Å². The summed E-state index contributed by atoms with van der Waals surface area (Å²) in [5.74, 6) is -0.970. The molecule has 1 aromatic heterocycles. The molecule has 1 heterocycles. The lowest BCUT2D eigenvalue weighted by Gasteiger charge is -2.12. The first-order chi connectivity index (χ1) is 14.6. The minimum absolute atomic E-state index is 0.269. The van der Waals surface area contributed by atoms with E-state index >= 15 is 0 Å². The lowest BCUT2D eigenvalue weighted by atomic mass is 10.1. The van der Waals surface area contributed by atoms with Crippen LogP contribution in [-0.4, -0.2) is 27.7 Å². The number of hydrogen-bond donors (Lipinski definition) is 2. The van der Waals surface area contributed by atoms with Crippen molar-refractivity contribution in [3.05, 3.63) is 72.3 Å². The van der Waals surface area contributed by atoms with Crippen molar-refractivity contribution in [3.63, 3.8) is 0 Å². The van der Waals surface area contributed by atoms with Gasteiger partial charge in [-0.05, 0) is 36.4 Å². The van der Waals surface area contributed by atoms with E-state index in [1.807, 2.05) is 24.3 Å². The molecule has 0 bridgehead atoms. The number of aromatic nitrogens is 1. The maximum absolute atomic E-state index is 13.4. The van der Waals surface area contributed by atoms with Crippen molar-refractivity contribution >= 4 is 47.3 Å². The molecule has 0 saturated carbocycles. The van der Waals surface area contributed by atoms with Gasteiger partial charge in [-0.1, -0.05) is 30.3 Å². The third-order valence-corrected chi connectivity index (χ3v) is 8.56. The number of sulfonamides is 1. The van der Waals surface area contributed by atoms with Crippen molar-refractivity contribution in [2.45, 2.75) is 14.7 Å². The average Bonchev–Trinajstić information content (AvgIpc) is 3.17. The minimum Gasteiger partial charge on any atom is -0.366 e. The van der Waals surface area contributed by atoms with E-state index in [4.69, 9.17) is 10.9 Å². The standard InChI is InChI=1S/C20H15N3O5S3/c21-19(24)13-10-9-12(20-23-14-5-1-2-6-15(14)29-20)11-18(13)30(25,26)16-7-3-4-8-17(16)31(22,27)28/h1-11H,(H2,21,24)(H2,22,27,28). The third-order valence-electron chi connectivity index (χ3n) is 4.52. The molecule has 0 spiro atoms. The Hall–Kier alpha value is -3.12. The van der Waals surface area contributed by atoms with E-state index < -0.39 is 40.5 Å². The second kappa shape index (κ2) is 7.54. The molecule has 4 N–H and O–H groups in total. The number of primary amides is 1. The molecule has 1 amide bonds. The number of carbonyl (C=O) groups excluding carboxylic acids is 1. The molecule has 31 heavy (non-hydrogen) atoms. The number of hydrogen-bond acceptors (Lipinski definition) is 7. The molecule has 0 unspecified atom stereocenters. The minimum atomic E-state index is -4.47. The smallest absolute Gasteiger partial charge is 0.250 e. The fourth-order valence-corrected chi connectivity index (χ4v) is 6.93. The van der Waals surface area contributed by atoms with Crippen LogP contribution in [0.3, 0.4) is 0 Å². The van der Waals surface area contributed by atoms with Crippen LogP contribution in [0.4, 0.5) is 0 Å². The first-order valence-electron chi connectivity index (χ1n) is 8.76. The molecule has 0 radical (unpaired) electrons. The molecule has 0 aliphatic heterocycles. The number of para-hydroxylation sites is 1. The number of primary sulfonamides is 1. The largest absolute Gasteiger partial charge is 0.366 e. The highest BCUT2D eigenvalue weighted by atomic mass is 32.2. The van der Waals surface area contributed by atoms with Gasteiger partial charge in [0.05, 0.1) is 25.6 Å². The van der Waals surface area contributed by atoms with Gasteiger partial charge in [-0.15, -0.1) is 11.3 Å². The molecule has 0 saturated heterocycles. The first-order valence-corrected chi connectivity index (χ1v) is 12.6. The van der Waals surface area contributed by atoms with Gasteiger partial charge in [0.25, 0.3) is 0 Å². The monoisotopic (exact) mass is 473 g/mol. The molecule has 8 nitrogen and oxygen atoms in total. The van der Waals surface area contributed by atoms with E-state index in [1.165, 1.54) is 35.6 Å². The highest BCUT2D eigenvalue weighted by Crippen LogP contribution is 2.35. The lowest BCUT2D eigenvalue weighted by Crippen LogP contribution is -2.20. The third kappa shape index (κ3) is 3.83. The summed E-state index contributed by atoms with van der Waals surface area (Å²) >= 11 is 1.35.